The van der Waals surface area contributed by atoms with E-state index < -0.39 is 32.6 Å². The molecule has 0 bridgehead atoms. The number of thiazole rings is 1. The van der Waals surface area contributed by atoms with E-state index in [0.717, 1.165) is 29.5 Å². The lowest BCUT2D eigenvalue weighted by Crippen LogP contribution is -2.14. The van der Waals surface area contributed by atoms with Gasteiger partial charge in [-0.1, -0.05) is 6.07 Å². The molecule has 0 unspecified atom stereocenters. The second kappa shape index (κ2) is 6.16. The summed E-state index contributed by atoms with van der Waals surface area (Å²) in [4.78, 5) is 13.7. The second-order valence-electron chi connectivity index (χ2n) is 4.35. The molecular weight excluding hydrogens is 357 g/mol. The molecule has 1 aromatic heterocycles. The number of halogens is 3. The molecule has 2 aromatic rings. The summed E-state index contributed by atoms with van der Waals surface area (Å²) in [6.07, 6.45) is -5.05. The summed E-state index contributed by atoms with van der Waals surface area (Å²) in [5, 5.41) is 9.83. The topological polar surface area (TPSA) is 96.4 Å². The largest absolute Gasteiger partial charge is 0.481 e. The number of aliphatic carboxylic acids is 1. The second-order valence-corrected chi connectivity index (χ2v) is 6.89. The molecule has 2 rings (SSSR count). The molecule has 1 heterocycles. The van der Waals surface area contributed by atoms with Crippen molar-refractivity contribution in [3.8, 4) is 0 Å². The van der Waals surface area contributed by atoms with Gasteiger partial charge < -0.3 is 5.11 Å². The highest BCUT2D eigenvalue weighted by molar-refractivity contribution is 7.93. The van der Waals surface area contributed by atoms with Crippen LogP contribution in [0.5, 0.6) is 0 Å². The predicted molar refractivity (Wildman–Crippen MR) is 75.7 cm³/mol. The van der Waals surface area contributed by atoms with Crippen molar-refractivity contribution in [1.82, 2.24) is 4.98 Å². The van der Waals surface area contributed by atoms with Gasteiger partial charge in [-0.25, -0.2) is 13.4 Å². The zero-order valence-corrected chi connectivity index (χ0v) is 12.8. The lowest BCUT2D eigenvalue weighted by atomic mass is 10.2. The van der Waals surface area contributed by atoms with Gasteiger partial charge in [0.25, 0.3) is 10.0 Å². The zero-order chi connectivity index (χ0) is 17.3. The number of sulfonamides is 1. The SMILES string of the molecule is O=C(O)Cc1csc(NS(=O)(=O)c2cccc(C(F)(F)F)c2)n1. The van der Waals surface area contributed by atoms with Gasteiger partial charge in [-0.3, -0.25) is 9.52 Å². The van der Waals surface area contributed by atoms with E-state index in [9.17, 15) is 26.4 Å². The third-order valence-electron chi connectivity index (χ3n) is 2.58. The predicted octanol–water partition coefficient (Wildman–Crippen LogP) is 2.59. The van der Waals surface area contributed by atoms with E-state index in [1.54, 1.807) is 0 Å². The Kier molecular flexibility index (Phi) is 4.61. The molecule has 11 heteroatoms. The van der Waals surface area contributed by atoms with E-state index in [0.29, 0.717) is 6.07 Å². The Hall–Kier alpha value is -2.14. The number of nitrogens with one attached hydrogen (secondary N) is 1. The Morgan fingerprint density at radius 1 is 1.35 bits per heavy atom. The van der Waals surface area contributed by atoms with Crippen molar-refractivity contribution < 1.29 is 31.5 Å². The minimum absolute atomic E-state index is 0.126. The van der Waals surface area contributed by atoms with Crippen LogP contribution in [0.15, 0.2) is 34.5 Å². The van der Waals surface area contributed by atoms with Gasteiger partial charge in [0, 0.05) is 5.38 Å². The summed E-state index contributed by atoms with van der Waals surface area (Å²) >= 11 is 0.836. The average Bonchev–Trinajstić information content (AvgIpc) is 2.83. The highest BCUT2D eigenvalue weighted by Gasteiger charge is 2.31. The summed E-state index contributed by atoms with van der Waals surface area (Å²) in [6, 6.07) is 3.26. The average molecular weight is 366 g/mol. The van der Waals surface area contributed by atoms with Gasteiger partial charge in [0.15, 0.2) is 5.13 Å². The van der Waals surface area contributed by atoms with Crippen LogP contribution in [0.25, 0.3) is 0 Å². The fraction of sp³-hybridized carbons (Fsp3) is 0.167. The molecule has 0 aliphatic rings. The van der Waals surface area contributed by atoms with Crippen LogP contribution in [0.1, 0.15) is 11.3 Å². The Balaban J connectivity index is 2.25. The molecule has 6 nitrogen and oxygen atoms in total. The van der Waals surface area contributed by atoms with Crippen LogP contribution in [0.4, 0.5) is 18.3 Å². The van der Waals surface area contributed by atoms with E-state index in [4.69, 9.17) is 5.11 Å². The normalized spacial score (nSPS) is 12.1. The molecular formula is C12H9F3N2O4S2. The summed E-state index contributed by atoms with van der Waals surface area (Å²) in [7, 11) is -4.26. The number of hydrogen-bond donors (Lipinski definition) is 2. The van der Waals surface area contributed by atoms with Crippen molar-refractivity contribution in [2.24, 2.45) is 0 Å². The first-order valence-electron chi connectivity index (χ1n) is 5.94. The number of aromatic nitrogens is 1. The van der Waals surface area contributed by atoms with Crippen LogP contribution >= 0.6 is 11.3 Å². The van der Waals surface area contributed by atoms with Gasteiger partial charge in [-0.05, 0) is 18.2 Å². The van der Waals surface area contributed by atoms with Gasteiger partial charge in [-0.15, -0.1) is 11.3 Å². The first kappa shape index (κ1) is 17.2. The molecule has 1 aromatic carbocycles. The molecule has 0 fully saturated rings. The Labute approximate surface area is 132 Å². The number of benzene rings is 1. The Morgan fingerprint density at radius 2 is 2.04 bits per heavy atom. The molecule has 0 saturated heterocycles. The number of nitrogens with zero attached hydrogens (tertiary/aromatic N) is 1. The molecule has 0 radical (unpaired) electrons. The lowest BCUT2D eigenvalue weighted by molar-refractivity contribution is -0.138. The van der Waals surface area contributed by atoms with E-state index in [-0.39, 0.29) is 17.2 Å². The van der Waals surface area contributed by atoms with Gasteiger partial charge in [0.2, 0.25) is 0 Å². The number of carboxylic acids is 1. The van der Waals surface area contributed by atoms with Crippen molar-refractivity contribution in [2.45, 2.75) is 17.5 Å². The molecule has 0 aliphatic heterocycles. The standard InChI is InChI=1S/C12H9F3N2O4S2/c13-12(14,15)7-2-1-3-9(4-7)23(20,21)17-11-16-8(6-22-11)5-10(18)19/h1-4,6H,5H2,(H,16,17)(H,18,19). The van der Waals surface area contributed by atoms with Crippen molar-refractivity contribution in [2.75, 3.05) is 4.72 Å². The van der Waals surface area contributed by atoms with Gasteiger partial charge >= 0.3 is 12.1 Å². The van der Waals surface area contributed by atoms with Crippen molar-refractivity contribution >= 4 is 32.5 Å². The highest BCUT2D eigenvalue weighted by Crippen LogP contribution is 2.31. The summed E-state index contributed by atoms with van der Waals surface area (Å²) in [6.45, 7) is 0. The van der Waals surface area contributed by atoms with E-state index in [2.05, 4.69) is 4.98 Å². The fourth-order valence-electron chi connectivity index (χ4n) is 1.60. The summed E-state index contributed by atoms with van der Waals surface area (Å²) in [5.41, 5.74) is -0.949. The number of alkyl halides is 3. The molecule has 0 amide bonds. The fourth-order valence-corrected chi connectivity index (χ4v) is 3.61. The number of anilines is 1. The maximum atomic E-state index is 12.6. The van der Waals surface area contributed by atoms with Crippen LogP contribution in [0.3, 0.4) is 0 Å². The highest BCUT2D eigenvalue weighted by atomic mass is 32.2. The molecule has 0 saturated carbocycles. The van der Waals surface area contributed by atoms with Gasteiger partial charge in [0.1, 0.15) is 0 Å². The first-order chi connectivity index (χ1) is 10.6. The third-order valence-corrected chi connectivity index (χ3v) is 4.85. The quantitative estimate of drug-likeness (QED) is 0.848. The first-order valence-corrected chi connectivity index (χ1v) is 8.30. The third kappa shape index (κ3) is 4.42. The number of carbonyl (C=O) groups is 1. The maximum absolute atomic E-state index is 12.6. The molecule has 0 aliphatic carbocycles. The molecule has 0 atom stereocenters. The molecule has 23 heavy (non-hydrogen) atoms. The van der Waals surface area contributed by atoms with Crippen LogP contribution < -0.4 is 4.72 Å². The van der Waals surface area contributed by atoms with Crippen LogP contribution in [-0.2, 0) is 27.4 Å². The summed E-state index contributed by atoms with van der Waals surface area (Å²) in [5.74, 6) is -1.14. The van der Waals surface area contributed by atoms with E-state index >= 15 is 0 Å². The van der Waals surface area contributed by atoms with E-state index in [1.807, 2.05) is 4.72 Å². The van der Waals surface area contributed by atoms with Crippen molar-refractivity contribution in [3.63, 3.8) is 0 Å². The monoisotopic (exact) mass is 366 g/mol. The van der Waals surface area contributed by atoms with Gasteiger partial charge in [-0.2, -0.15) is 13.2 Å². The van der Waals surface area contributed by atoms with Crippen LogP contribution in [0, 0.1) is 0 Å². The molecule has 2 N–H and O–H groups in total. The van der Waals surface area contributed by atoms with Gasteiger partial charge in [0.05, 0.1) is 22.6 Å². The molecule has 0 spiro atoms. The van der Waals surface area contributed by atoms with Crippen molar-refractivity contribution in [3.05, 3.63) is 40.9 Å². The number of carboxylic acid groups (broad SMARTS) is 1. The van der Waals surface area contributed by atoms with Crippen molar-refractivity contribution in [1.29, 1.82) is 0 Å². The minimum atomic E-state index is -4.67. The minimum Gasteiger partial charge on any atom is -0.481 e. The number of hydrogen-bond acceptors (Lipinski definition) is 5. The Morgan fingerprint density at radius 3 is 2.65 bits per heavy atom. The Bertz CT molecular complexity index is 831. The maximum Gasteiger partial charge on any atom is 0.416 e. The smallest absolute Gasteiger partial charge is 0.416 e. The number of rotatable bonds is 5. The van der Waals surface area contributed by atoms with Crippen LogP contribution in [0.2, 0.25) is 0 Å². The summed E-state index contributed by atoms with van der Waals surface area (Å²) < 4.78 is 64.1. The molecule has 124 valence electrons. The lowest BCUT2D eigenvalue weighted by Gasteiger charge is -2.09. The zero-order valence-electron chi connectivity index (χ0n) is 11.2. The van der Waals surface area contributed by atoms with Crippen LogP contribution in [-0.4, -0.2) is 24.5 Å². The van der Waals surface area contributed by atoms with E-state index in [1.165, 1.54) is 5.38 Å².